The molecule has 3 rings (SSSR count). The molecule has 1 aromatic heterocycles. The summed E-state index contributed by atoms with van der Waals surface area (Å²) < 4.78 is 5.80. The lowest BCUT2D eigenvalue weighted by molar-refractivity contribution is 0.0746. The molecule has 0 spiro atoms. The molecule has 1 unspecified atom stereocenters. The number of amides is 1. The molecule has 0 saturated carbocycles. The van der Waals surface area contributed by atoms with Gasteiger partial charge in [-0.15, -0.1) is 11.3 Å². The fourth-order valence-corrected chi connectivity index (χ4v) is 3.74. The van der Waals surface area contributed by atoms with Crippen LogP contribution in [0.5, 0.6) is 5.75 Å². The van der Waals surface area contributed by atoms with Crippen LogP contribution >= 0.6 is 11.3 Å². The molecule has 27 heavy (non-hydrogen) atoms. The van der Waals surface area contributed by atoms with Gasteiger partial charge in [-0.1, -0.05) is 48.0 Å². The van der Waals surface area contributed by atoms with E-state index in [0.29, 0.717) is 11.5 Å². The van der Waals surface area contributed by atoms with Crippen LogP contribution in [0.2, 0.25) is 0 Å². The second-order valence-electron chi connectivity index (χ2n) is 6.63. The Morgan fingerprint density at radius 1 is 1.11 bits per heavy atom. The van der Waals surface area contributed by atoms with Crippen molar-refractivity contribution in [1.82, 2.24) is 9.88 Å². The topological polar surface area (TPSA) is 42.4 Å². The summed E-state index contributed by atoms with van der Waals surface area (Å²) in [5.41, 5.74) is 3.05. The smallest absolute Gasteiger partial charge is 0.266 e. The van der Waals surface area contributed by atoms with Crippen molar-refractivity contribution in [2.75, 3.05) is 7.05 Å². The van der Waals surface area contributed by atoms with E-state index in [1.807, 2.05) is 82.4 Å². The summed E-state index contributed by atoms with van der Waals surface area (Å²) in [6.07, 6.45) is 0. The largest absolute Gasteiger partial charge is 0.486 e. The highest BCUT2D eigenvalue weighted by molar-refractivity contribution is 7.13. The summed E-state index contributed by atoms with van der Waals surface area (Å²) in [6, 6.07) is 17.9. The van der Waals surface area contributed by atoms with Crippen LogP contribution in [0.15, 0.2) is 54.6 Å². The highest BCUT2D eigenvalue weighted by Crippen LogP contribution is 2.26. The molecule has 0 fully saturated rings. The molecule has 2 aromatic carbocycles. The van der Waals surface area contributed by atoms with E-state index in [1.54, 1.807) is 4.90 Å². The lowest BCUT2D eigenvalue weighted by atomic mass is 10.1. The average Bonchev–Trinajstić information content (AvgIpc) is 3.07. The summed E-state index contributed by atoms with van der Waals surface area (Å²) in [5, 5.41) is 0.803. The number of carbonyl (C=O) groups is 1. The normalized spacial score (nSPS) is 11.9. The maximum atomic E-state index is 13.0. The molecule has 0 N–H and O–H groups in total. The van der Waals surface area contributed by atoms with E-state index in [-0.39, 0.29) is 11.9 Å². The Balaban J connectivity index is 1.69. The van der Waals surface area contributed by atoms with Gasteiger partial charge in [-0.25, -0.2) is 4.98 Å². The number of benzene rings is 2. The Kier molecular flexibility index (Phi) is 5.91. The maximum Gasteiger partial charge on any atom is 0.266 e. The number of hydrogen-bond donors (Lipinski definition) is 0. The first-order chi connectivity index (χ1) is 13.0. The number of ether oxygens (including phenoxy) is 1. The molecule has 0 bridgehead atoms. The minimum Gasteiger partial charge on any atom is -0.486 e. The first-order valence-corrected chi connectivity index (χ1v) is 9.75. The van der Waals surface area contributed by atoms with Gasteiger partial charge < -0.3 is 9.64 Å². The molecular weight excluding hydrogens is 356 g/mol. The number of aromatic nitrogens is 1. The van der Waals surface area contributed by atoms with E-state index in [4.69, 9.17) is 4.74 Å². The van der Waals surface area contributed by atoms with Crippen molar-refractivity contribution in [2.45, 2.75) is 33.4 Å². The van der Waals surface area contributed by atoms with E-state index < -0.39 is 0 Å². The van der Waals surface area contributed by atoms with Crippen molar-refractivity contribution in [3.8, 4) is 5.75 Å². The van der Waals surface area contributed by atoms with E-state index in [0.717, 1.165) is 22.0 Å². The Hall–Kier alpha value is -2.66. The fraction of sp³-hybridized carbons (Fsp3) is 0.273. The zero-order valence-corrected chi connectivity index (χ0v) is 16.9. The molecular formula is C22H24N2O2S. The molecule has 0 radical (unpaired) electrons. The molecule has 1 heterocycles. The minimum absolute atomic E-state index is 0.00698. The Morgan fingerprint density at radius 2 is 1.78 bits per heavy atom. The van der Waals surface area contributed by atoms with Gasteiger partial charge in [-0.2, -0.15) is 0 Å². The third-order valence-electron chi connectivity index (χ3n) is 4.60. The Labute approximate surface area is 164 Å². The van der Waals surface area contributed by atoms with Gasteiger partial charge in [-0.3, -0.25) is 4.79 Å². The van der Waals surface area contributed by atoms with Gasteiger partial charge in [0.25, 0.3) is 5.91 Å². The Bertz CT molecular complexity index is 904. The standard InChI is InChI=1S/C22H24N2O2S/c1-15-10-12-19(13-11-15)26-14-20-23-16(2)21(27-20)22(25)24(4)17(3)18-8-6-5-7-9-18/h5-13,17H,14H2,1-4H3. The van der Waals surface area contributed by atoms with Crippen molar-refractivity contribution < 1.29 is 9.53 Å². The molecule has 1 amide bonds. The van der Waals surface area contributed by atoms with E-state index in [2.05, 4.69) is 4.98 Å². The molecule has 0 aliphatic rings. The predicted octanol–water partition coefficient (Wildman–Crippen LogP) is 5.17. The lowest BCUT2D eigenvalue weighted by Crippen LogP contribution is -2.29. The number of hydrogen-bond acceptors (Lipinski definition) is 4. The average molecular weight is 381 g/mol. The molecule has 0 aliphatic heterocycles. The summed E-state index contributed by atoms with van der Waals surface area (Å²) >= 11 is 1.40. The molecule has 3 aromatic rings. The minimum atomic E-state index is -0.0112. The van der Waals surface area contributed by atoms with Gasteiger partial charge in [0, 0.05) is 7.05 Å². The van der Waals surface area contributed by atoms with Crippen LogP contribution in [0.4, 0.5) is 0 Å². The van der Waals surface area contributed by atoms with Crippen LogP contribution in [0, 0.1) is 13.8 Å². The van der Waals surface area contributed by atoms with Gasteiger partial charge in [0.1, 0.15) is 22.2 Å². The van der Waals surface area contributed by atoms with E-state index in [9.17, 15) is 4.79 Å². The molecule has 4 nitrogen and oxygen atoms in total. The van der Waals surface area contributed by atoms with Crippen molar-refractivity contribution in [3.05, 3.63) is 81.3 Å². The van der Waals surface area contributed by atoms with Crippen molar-refractivity contribution in [1.29, 1.82) is 0 Å². The number of nitrogens with zero attached hydrogens (tertiary/aromatic N) is 2. The zero-order valence-electron chi connectivity index (χ0n) is 16.1. The molecule has 0 aliphatic carbocycles. The molecule has 5 heteroatoms. The van der Waals surface area contributed by atoms with Gasteiger partial charge in [0.2, 0.25) is 0 Å². The van der Waals surface area contributed by atoms with Gasteiger partial charge in [0.15, 0.2) is 0 Å². The van der Waals surface area contributed by atoms with Crippen LogP contribution in [-0.2, 0) is 6.61 Å². The zero-order chi connectivity index (χ0) is 19.4. The van der Waals surface area contributed by atoms with Gasteiger partial charge >= 0.3 is 0 Å². The third-order valence-corrected chi connectivity index (χ3v) is 5.72. The summed E-state index contributed by atoms with van der Waals surface area (Å²) in [5.74, 6) is 0.791. The van der Waals surface area contributed by atoms with Crippen molar-refractivity contribution in [3.63, 3.8) is 0 Å². The quantitative estimate of drug-likeness (QED) is 0.592. The highest BCUT2D eigenvalue weighted by atomic mass is 32.1. The first-order valence-electron chi connectivity index (χ1n) is 8.93. The van der Waals surface area contributed by atoms with Crippen LogP contribution in [0.3, 0.4) is 0 Å². The second kappa shape index (κ2) is 8.35. The van der Waals surface area contributed by atoms with E-state index in [1.165, 1.54) is 16.9 Å². The maximum absolute atomic E-state index is 13.0. The van der Waals surface area contributed by atoms with Crippen LogP contribution in [0.25, 0.3) is 0 Å². The van der Waals surface area contributed by atoms with Crippen LogP contribution < -0.4 is 4.74 Å². The summed E-state index contributed by atoms with van der Waals surface area (Å²) in [7, 11) is 1.83. The molecule has 1 atom stereocenters. The predicted molar refractivity (Wildman–Crippen MR) is 109 cm³/mol. The second-order valence-corrected chi connectivity index (χ2v) is 7.71. The Morgan fingerprint density at radius 3 is 2.44 bits per heavy atom. The van der Waals surface area contributed by atoms with Crippen molar-refractivity contribution >= 4 is 17.2 Å². The molecule has 140 valence electrons. The first kappa shape index (κ1) is 19.1. The molecule has 0 saturated heterocycles. The van der Waals surface area contributed by atoms with Gasteiger partial charge in [0.05, 0.1) is 11.7 Å². The highest BCUT2D eigenvalue weighted by Gasteiger charge is 2.23. The SMILES string of the molecule is Cc1ccc(OCc2nc(C)c(C(=O)N(C)C(C)c3ccccc3)s2)cc1. The lowest BCUT2D eigenvalue weighted by Gasteiger charge is -2.25. The number of rotatable bonds is 6. The van der Waals surface area contributed by atoms with Crippen molar-refractivity contribution in [2.24, 2.45) is 0 Å². The number of carbonyl (C=O) groups excluding carboxylic acids is 1. The fourth-order valence-electron chi connectivity index (χ4n) is 2.78. The summed E-state index contributed by atoms with van der Waals surface area (Å²) in [6.45, 7) is 6.31. The number of aryl methyl sites for hydroxylation is 2. The monoisotopic (exact) mass is 380 g/mol. The van der Waals surface area contributed by atoms with Gasteiger partial charge in [-0.05, 0) is 38.5 Å². The summed E-state index contributed by atoms with van der Waals surface area (Å²) in [4.78, 5) is 19.9. The number of thiazole rings is 1. The third kappa shape index (κ3) is 4.55. The van der Waals surface area contributed by atoms with Crippen LogP contribution in [0.1, 0.15) is 44.5 Å². The van der Waals surface area contributed by atoms with Crippen LogP contribution in [-0.4, -0.2) is 22.8 Å². The van der Waals surface area contributed by atoms with E-state index >= 15 is 0 Å².